The van der Waals surface area contributed by atoms with Gasteiger partial charge in [0.05, 0.1) is 12.2 Å². The van der Waals surface area contributed by atoms with Crippen LogP contribution < -0.4 is 10.2 Å². The maximum absolute atomic E-state index is 13.4. The summed E-state index contributed by atoms with van der Waals surface area (Å²) in [5.41, 5.74) is 4.88. The predicted octanol–water partition coefficient (Wildman–Crippen LogP) is 4.26. The number of nitrogens with zero attached hydrogens (tertiary/aromatic N) is 5. The second-order valence-electron chi connectivity index (χ2n) is 9.15. The minimum Gasteiger partial charge on any atom is -0.362 e. The molecule has 5 rings (SSSR count). The topological polar surface area (TPSA) is 107 Å². The summed E-state index contributed by atoms with van der Waals surface area (Å²) in [6.45, 7) is 2.95. The van der Waals surface area contributed by atoms with Gasteiger partial charge in [0.15, 0.2) is 0 Å². The first kappa shape index (κ1) is 25.6. The van der Waals surface area contributed by atoms with Crippen LogP contribution in [0.15, 0.2) is 78.0 Å². The van der Waals surface area contributed by atoms with Crippen LogP contribution in [0.2, 0.25) is 0 Å². The summed E-state index contributed by atoms with van der Waals surface area (Å²) in [5.74, 6) is -0.325. The van der Waals surface area contributed by atoms with Crippen molar-refractivity contribution in [3.63, 3.8) is 0 Å². The second kappa shape index (κ2) is 10.3. The number of rotatable bonds is 7. The van der Waals surface area contributed by atoms with Gasteiger partial charge in [0.1, 0.15) is 5.82 Å². The predicted molar refractivity (Wildman–Crippen MR) is 145 cm³/mol. The number of aromatic nitrogens is 3. The van der Waals surface area contributed by atoms with Crippen LogP contribution in [0.4, 0.5) is 21.5 Å². The van der Waals surface area contributed by atoms with E-state index < -0.39 is 10.0 Å². The van der Waals surface area contributed by atoms with Crippen molar-refractivity contribution in [2.24, 2.45) is 7.05 Å². The molecular weight excluding hydrogens is 505 g/mol. The van der Waals surface area contributed by atoms with Crippen LogP contribution in [0.3, 0.4) is 0 Å². The Morgan fingerprint density at radius 3 is 2.47 bits per heavy atom. The van der Waals surface area contributed by atoms with Gasteiger partial charge in [-0.1, -0.05) is 18.2 Å². The van der Waals surface area contributed by atoms with E-state index in [0.717, 1.165) is 16.8 Å². The van der Waals surface area contributed by atoms with E-state index in [2.05, 4.69) is 20.4 Å². The van der Waals surface area contributed by atoms with Crippen molar-refractivity contribution in [1.29, 1.82) is 5.41 Å². The number of para-hydroxylation sites is 1. The number of sulfonamides is 1. The zero-order valence-electron chi connectivity index (χ0n) is 21.0. The Balaban J connectivity index is 1.54. The number of nitrogens with one attached hydrogen (secondary N) is 2. The first-order valence-electron chi connectivity index (χ1n) is 12.1. The van der Waals surface area contributed by atoms with Gasteiger partial charge in [0, 0.05) is 55.5 Å². The summed E-state index contributed by atoms with van der Waals surface area (Å²) in [4.78, 5) is 3.43. The third-order valence-electron chi connectivity index (χ3n) is 6.69. The molecule has 1 aliphatic rings. The van der Waals surface area contributed by atoms with Gasteiger partial charge in [-0.3, -0.25) is 0 Å². The maximum Gasteiger partial charge on any atom is 0.264 e. The van der Waals surface area contributed by atoms with Crippen LogP contribution in [0.5, 0.6) is 0 Å². The van der Waals surface area contributed by atoms with Crippen molar-refractivity contribution in [3.05, 3.63) is 95.4 Å². The van der Waals surface area contributed by atoms with Crippen LogP contribution >= 0.6 is 0 Å². The molecule has 0 spiro atoms. The molecule has 3 aromatic carbocycles. The normalized spacial score (nSPS) is 16.4. The van der Waals surface area contributed by atoms with Crippen molar-refractivity contribution in [2.75, 3.05) is 29.9 Å². The molecule has 38 heavy (non-hydrogen) atoms. The Hall–Kier alpha value is -4.09. The first-order chi connectivity index (χ1) is 18.3. The summed E-state index contributed by atoms with van der Waals surface area (Å²) in [7, 11) is -2.26. The third-order valence-corrected chi connectivity index (χ3v) is 8.42. The molecule has 2 N–H and O–H groups in total. The molecule has 2 heterocycles. The fourth-order valence-electron chi connectivity index (χ4n) is 4.77. The molecule has 0 bridgehead atoms. The van der Waals surface area contributed by atoms with Crippen LogP contribution in [-0.4, -0.2) is 53.6 Å². The summed E-state index contributed by atoms with van der Waals surface area (Å²) in [6, 6.07) is 19.5. The molecule has 0 amide bonds. The lowest BCUT2D eigenvalue weighted by molar-refractivity contribution is 0.333. The fraction of sp³-hybridized carbons (Fsp3) is 0.222. The quantitative estimate of drug-likeness (QED) is 0.344. The molecule has 1 aliphatic heterocycles. The smallest absolute Gasteiger partial charge is 0.264 e. The van der Waals surface area contributed by atoms with Crippen molar-refractivity contribution >= 4 is 33.3 Å². The average Bonchev–Trinajstić information content (AvgIpc) is 3.37. The Morgan fingerprint density at radius 1 is 1.08 bits per heavy atom. The molecule has 9 nitrogen and oxygen atoms in total. The third kappa shape index (κ3) is 5.02. The molecule has 0 aliphatic carbocycles. The number of piperazine rings is 1. The Labute approximate surface area is 221 Å². The molecule has 1 aromatic heterocycles. The summed E-state index contributed by atoms with van der Waals surface area (Å²) in [5, 5.41) is 19.2. The lowest BCUT2D eigenvalue weighted by Gasteiger charge is -2.42. The van der Waals surface area contributed by atoms with Gasteiger partial charge in [-0.15, -0.1) is 5.10 Å². The maximum atomic E-state index is 13.4. The summed E-state index contributed by atoms with van der Waals surface area (Å²) in [6.07, 6.45) is 2.53. The Bertz CT molecular complexity index is 1560. The standard InChI is InChI=1S/C27H28FN7O2S/c1-19-14-25(31-22-10-8-21(28)9-11-22)20(16-29)15-24(19)26-18-34(38(36,37)27-17-30-33(2)32-27)12-13-35(26)23-6-4-3-5-7-23/h3-11,14-17,26,29,31H,12-13,18H2,1-2H3. The molecule has 1 fully saturated rings. The summed E-state index contributed by atoms with van der Waals surface area (Å²) < 4.78 is 41.7. The van der Waals surface area contributed by atoms with Crippen LogP contribution in [-0.2, 0) is 17.1 Å². The molecule has 1 atom stereocenters. The minimum atomic E-state index is -3.84. The van der Waals surface area contributed by atoms with Crippen LogP contribution in [0.25, 0.3) is 0 Å². The van der Waals surface area contributed by atoms with E-state index in [-0.39, 0.29) is 23.4 Å². The molecule has 0 radical (unpaired) electrons. The number of aryl methyl sites for hydroxylation is 2. The fourth-order valence-corrected chi connectivity index (χ4v) is 6.09. The molecule has 196 valence electrons. The van der Waals surface area contributed by atoms with Crippen molar-refractivity contribution in [1.82, 2.24) is 19.3 Å². The highest BCUT2D eigenvalue weighted by Gasteiger charge is 2.37. The molecule has 0 saturated carbocycles. The van der Waals surface area contributed by atoms with E-state index >= 15 is 0 Å². The molecule has 1 saturated heterocycles. The molecule has 4 aromatic rings. The number of benzene rings is 3. The number of halogens is 1. The van der Waals surface area contributed by atoms with Gasteiger partial charge in [0.25, 0.3) is 10.0 Å². The number of hydrogen-bond acceptors (Lipinski definition) is 7. The summed E-state index contributed by atoms with van der Waals surface area (Å²) >= 11 is 0. The Morgan fingerprint density at radius 2 is 1.82 bits per heavy atom. The number of anilines is 3. The van der Waals surface area contributed by atoms with E-state index in [1.165, 1.54) is 33.6 Å². The van der Waals surface area contributed by atoms with Gasteiger partial charge in [-0.2, -0.15) is 14.2 Å². The van der Waals surface area contributed by atoms with Crippen molar-refractivity contribution < 1.29 is 12.8 Å². The first-order valence-corrected chi connectivity index (χ1v) is 13.6. The monoisotopic (exact) mass is 533 g/mol. The highest BCUT2D eigenvalue weighted by Crippen LogP contribution is 2.36. The molecular formula is C27H28FN7O2S. The van der Waals surface area contributed by atoms with Gasteiger partial charge >= 0.3 is 0 Å². The zero-order chi connectivity index (χ0) is 26.9. The second-order valence-corrected chi connectivity index (χ2v) is 11.0. The van der Waals surface area contributed by atoms with Crippen LogP contribution in [0, 0.1) is 18.2 Å². The highest BCUT2D eigenvalue weighted by molar-refractivity contribution is 7.89. The van der Waals surface area contributed by atoms with Gasteiger partial charge in [-0.25, -0.2) is 12.8 Å². The van der Waals surface area contributed by atoms with E-state index in [1.54, 1.807) is 19.2 Å². The average molecular weight is 534 g/mol. The van der Waals surface area contributed by atoms with E-state index in [4.69, 9.17) is 5.41 Å². The van der Waals surface area contributed by atoms with E-state index in [0.29, 0.717) is 30.0 Å². The van der Waals surface area contributed by atoms with Crippen molar-refractivity contribution in [2.45, 2.75) is 18.0 Å². The largest absolute Gasteiger partial charge is 0.362 e. The van der Waals surface area contributed by atoms with Crippen molar-refractivity contribution in [3.8, 4) is 0 Å². The minimum absolute atomic E-state index is 0.0809. The van der Waals surface area contributed by atoms with Gasteiger partial charge in [-0.05, 0) is 66.6 Å². The lowest BCUT2D eigenvalue weighted by Crippen LogP contribution is -2.50. The Kier molecular flexibility index (Phi) is 6.96. The zero-order valence-corrected chi connectivity index (χ0v) is 21.9. The van der Waals surface area contributed by atoms with Gasteiger partial charge in [0.2, 0.25) is 5.03 Å². The molecule has 11 heteroatoms. The van der Waals surface area contributed by atoms with E-state index in [1.807, 2.05) is 49.4 Å². The lowest BCUT2D eigenvalue weighted by atomic mass is 9.94. The van der Waals surface area contributed by atoms with Crippen LogP contribution in [0.1, 0.15) is 22.7 Å². The number of hydrogen-bond donors (Lipinski definition) is 2. The van der Waals surface area contributed by atoms with E-state index in [9.17, 15) is 12.8 Å². The van der Waals surface area contributed by atoms with Gasteiger partial charge < -0.3 is 15.6 Å². The highest BCUT2D eigenvalue weighted by atomic mass is 32.2. The SMILES string of the molecule is Cc1cc(Nc2ccc(F)cc2)c(C=N)cc1C1CN(S(=O)(=O)c2cnn(C)n2)CCN1c1ccccc1. The molecule has 1 unspecified atom stereocenters.